The van der Waals surface area contributed by atoms with Gasteiger partial charge in [0.25, 0.3) is 0 Å². The molecule has 2 aromatic carbocycles. The molecule has 0 aromatic heterocycles. The average Bonchev–Trinajstić information content (AvgIpc) is 2.49. The molecule has 0 spiro atoms. The summed E-state index contributed by atoms with van der Waals surface area (Å²) < 4.78 is 17.6. The Morgan fingerprint density at radius 2 is 1.86 bits per heavy atom. The number of rotatable bonds is 5. The van der Waals surface area contributed by atoms with Crippen LogP contribution in [0.25, 0.3) is 0 Å². The van der Waals surface area contributed by atoms with Crippen LogP contribution in [0.2, 0.25) is 0 Å². The van der Waals surface area contributed by atoms with Gasteiger partial charge in [0, 0.05) is 5.56 Å². The molecule has 0 bridgehead atoms. The third-order valence-corrected chi connectivity index (χ3v) is 4.62. The Bertz CT molecular complexity index is 692. The largest absolute Gasteiger partial charge is 0.495 e. The molecule has 0 fully saturated rings. The highest BCUT2D eigenvalue weighted by Gasteiger charge is 2.17. The fourth-order valence-corrected chi connectivity index (χ4v) is 3.27. The van der Waals surface area contributed by atoms with Crippen LogP contribution in [-0.2, 0) is 10.8 Å². The number of ketones is 1. The molecule has 0 aliphatic carbocycles. The molecule has 2 aromatic rings. The van der Waals surface area contributed by atoms with Crippen LogP contribution in [0.3, 0.4) is 0 Å². The monoisotopic (exact) mass is 302 g/mol. The molecule has 0 amide bonds. The van der Waals surface area contributed by atoms with Crippen LogP contribution < -0.4 is 4.74 Å². The van der Waals surface area contributed by atoms with Crippen molar-refractivity contribution in [2.24, 2.45) is 0 Å². The van der Waals surface area contributed by atoms with Crippen molar-refractivity contribution in [2.75, 3.05) is 12.9 Å². The van der Waals surface area contributed by atoms with E-state index >= 15 is 0 Å². The predicted octanol–water partition coefficient (Wildman–Crippen LogP) is 3.30. The van der Waals surface area contributed by atoms with Crippen LogP contribution in [0.15, 0.2) is 47.4 Å². The summed E-state index contributed by atoms with van der Waals surface area (Å²) in [5.41, 5.74) is 2.56. The summed E-state index contributed by atoms with van der Waals surface area (Å²) in [5.74, 6) is 0.398. The van der Waals surface area contributed by atoms with Crippen LogP contribution in [-0.4, -0.2) is 22.9 Å². The minimum atomic E-state index is -1.41. The molecule has 1 unspecified atom stereocenters. The van der Waals surface area contributed by atoms with Crippen molar-refractivity contribution < 1.29 is 13.7 Å². The van der Waals surface area contributed by atoms with Gasteiger partial charge in [0.2, 0.25) is 0 Å². The minimum absolute atomic E-state index is 0.0370. The van der Waals surface area contributed by atoms with Crippen molar-refractivity contribution in [1.82, 2.24) is 0 Å². The smallest absolute Gasteiger partial charge is 0.175 e. The SMILES string of the molecule is COc1ccccc1S(=O)CC(=O)c1cc(C)ccc1C. The molecule has 0 radical (unpaired) electrons. The molecular formula is C17H18O3S. The number of hydrogen-bond acceptors (Lipinski definition) is 3. The van der Waals surface area contributed by atoms with Crippen LogP contribution in [0.4, 0.5) is 0 Å². The standard InChI is InChI=1S/C17H18O3S/c1-12-8-9-13(2)14(10-12)15(18)11-21(19)17-7-5-4-6-16(17)20-3/h4-10H,11H2,1-3H3. The lowest BCUT2D eigenvalue weighted by Gasteiger charge is -2.09. The summed E-state index contributed by atoms with van der Waals surface area (Å²) in [4.78, 5) is 12.9. The third kappa shape index (κ3) is 3.58. The van der Waals surface area contributed by atoms with E-state index in [1.807, 2.05) is 38.1 Å². The zero-order valence-electron chi connectivity index (χ0n) is 12.4. The molecule has 21 heavy (non-hydrogen) atoms. The lowest BCUT2D eigenvalue weighted by atomic mass is 10.0. The van der Waals surface area contributed by atoms with Gasteiger partial charge in [-0.1, -0.05) is 29.8 Å². The summed E-state index contributed by atoms with van der Waals surface area (Å²) in [6.07, 6.45) is 0. The van der Waals surface area contributed by atoms with E-state index in [0.717, 1.165) is 11.1 Å². The summed E-state index contributed by atoms with van der Waals surface area (Å²) >= 11 is 0. The topological polar surface area (TPSA) is 43.4 Å². The van der Waals surface area contributed by atoms with Gasteiger partial charge >= 0.3 is 0 Å². The molecule has 4 heteroatoms. The number of benzene rings is 2. The van der Waals surface area contributed by atoms with Gasteiger partial charge < -0.3 is 4.74 Å². The van der Waals surface area contributed by atoms with Gasteiger partial charge in [0.05, 0.1) is 28.6 Å². The van der Waals surface area contributed by atoms with Crippen molar-refractivity contribution in [3.63, 3.8) is 0 Å². The Labute approximate surface area is 127 Å². The fourth-order valence-electron chi connectivity index (χ4n) is 2.12. The molecule has 1 atom stereocenters. The van der Waals surface area contributed by atoms with Gasteiger partial charge in [-0.05, 0) is 37.6 Å². The number of methoxy groups -OCH3 is 1. The first-order valence-electron chi connectivity index (χ1n) is 6.64. The van der Waals surface area contributed by atoms with E-state index in [-0.39, 0.29) is 11.5 Å². The van der Waals surface area contributed by atoms with Crippen molar-refractivity contribution >= 4 is 16.6 Å². The van der Waals surface area contributed by atoms with E-state index in [0.29, 0.717) is 16.2 Å². The maximum absolute atomic E-state index is 12.4. The second kappa shape index (κ2) is 6.68. The fraction of sp³-hybridized carbons (Fsp3) is 0.235. The number of ether oxygens (including phenoxy) is 1. The number of Topliss-reactive ketones (excluding diaryl/α,β-unsaturated/α-hetero) is 1. The minimum Gasteiger partial charge on any atom is -0.495 e. The number of para-hydroxylation sites is 1. The molecular weight excluding hydrogens is 284 g/mol. The molecule has 0 heterocycles. The van der Waals surface area contributed by atoms with Gasteiger partial charge in [-0.3, -0.25) is 9.00 Å². The first-order chi connectivity index (χ1) is 10.0. The van der Waals surface area contributed by atoms with E-state index < -0.39 is 10.8 Å². The summed E-state index contributed by atoms with van der Waals surface area (Å²) in [6.45, 7) is 3.83. The molecule has 110 valence electrons. The zero-order valence-corrected chi connectivity index (χ0v) is 13.2. The molecule has 2 rings (SSSR count). The summed E-state index contributed by atoms with van der Waals surface area (Å²) in [5, 5.41) is 0. The quantitative estimate of drug-likeness (QED) is 0.796. The summed E-state index contributed by atoms with van der Waals surface area (Å²) in [7, 11) is 0.115. The van der Waals surface area contributed by atoms with Crippen molar-refractivity contribution in [3.05, 3.63) is 59.2 Å². The number of aryl methyl sites for hydroxylation is 2. The Morgan fingerprint density at radius 1 is 1.14 bits per heavy atom. The Morgan fingerprint density at radius 3 is 2.57 bits per heavy atom. The molecule has 0 saturated heterocycles. The number of hydrogen-bond donors (Lipinski definition) is 0. The normalized spacial score (nSPS) is 12.0. The third-order valence-electron chi connectivity index (χ3n) is 3.27. The van der Waals surface area contributed by atoms with Crippen LogP contribution >= 0.6 is 0 Å². The maximum atomic E-state index is 12.4. The van der Waals surface area contributed by atoms with E-state index in [4.69, 9.17) is 4.74 Å². The molecule has 0 saturated carbocycles. The van der Waals surface area contributed by atoms with Crippen molar-refractivity contribution in [3.8, 4) is 5.75 Å². The van der Waals surface area contributed by atoms with Gasteiger partial charge in [0.15, 0.2) is 5.78 Å². The lowest BCUT2D eigenvalue weighted by Crippen LogP contribution is -2.13. The molecule has 3 nitrogen and oxygen atoms in total. The van der Waals surface area contributed by atoms with E-state index in [1.54, 1.807) is 18.2 Å². The Balaban J connectivity index is 2.23. The zero-order chi connectivity index (χ0) is 15.4. The first-order valence-corrected chi connectivity index (χ1v) is 7.96. The van der Waals surface area contributed by atoms with E-state index in [9.17, 15) is 9.00 Å². The Kier molecular flexibility index (Phi) is 4.91. The van der Waals surface area contributed by atoms with E-state index in [1.165, 1.54) is 7.11 Å². The second-order valence-corrected chi connectivity index (χ2v) is 6.30. The predicted molar refractivity (Wildman–Crippen MR) is 84.5 cm³/mol. The van der Waals surface area contributed by atoms with E-state index in [2.05, 4.69) is 0 Å². The average molecular weight is 302 g/mol. The van der Waals surface area contributed by atoms with Gasteiger partial charge in [-0.2, -0.15) is 0 Å². The van der Waals surface area contributed by atoms with Gasteiger partial charge in [-0.15, -0.1) is 0 Å². The number of carbonyl (C=O) groups excluding carboxylic acids is 1. The van der Waals surface area contributed by atoms with Gasteiger partial charge in [-0.25, -0.2) is 0 Å². The lowest BCUT2D eigenvalue weighted by molar-refractivity contribution is 0.102. The number of carbonyl (C=O) groups is 1. The molecule has 0 aliphatic rings. The van der Waals surface area contributed by atoms with Gasteiger partial charge in [0.1, 0.15) is 5.75 Å². The van der Waals surface area contributed by atoms with Crippen molar-refractivity contribution in [2.45, 2.75) is 18.7 Å². The Hall–Kier alpha value is -1.94. The van der Waals surface area contributed by atoms with Crippen LogP contribution in [0, 0.1) is 13.8 Å². The summed E-state index contributed by atoms with van der Waals surface area (Å²) in [6, 6.07) is 12.8. The maximum Gasteiger partial charge on any atom is 0.175 e. The molecule has 0 aliphatic heterocycles. The van der Waals surface area contributed by atoms with Crippen molar-refractivity contribution in [1.29, 1.82) is 0 Å². The van der Waals surface area contributed by atoms with Crippen LogP contribution in [0.1, 0.15) is 21.5 Å². The second-order valence-electron chi connectivity index (χ2n) is 4.88. The first kappa shape index (κ1) is 15.4. The highest BCUT2D eigenvalue weighted by Crippen LogP contribution is 2.22. The highest BCUT2D eigenvalue weighted by atomic mass is 32.2. The van der Waals surface area contributed by atoms with Crippen LogP contribution in [0.5, 0.6) is 5.75 Å². The molecule has 0 N–H and O–H groups in total. The highest BCUT2D eigenvalue weighted by molar-refractivity contribution is 7.86.